The smallest absolute Gasteiger partial charge is 0.406 e. The van der Waals surface area contributed by atoms with Crippen LogP contribution in [-0.4, -0.2) is 16.1 Å². The number of ether oxygens (including phenoxy) is 1. The molecule has 0 bridgehead atoms. The lowest BCUT2D eigenvalue weighted by Gasteiger charge is -2.09. The molecule has 7 heteroatoms. The summed E-state index contributed by atoms with van der Waals surface area (Å²) in [5, 5.41) is 6.49. The van der Waals surface area contributed by atoms with E-state index in [2.05, 4.69) is 9.84 Å². The molecule has 0 fully saturated rings. The molecule has 0 spiro atoms. The van der Waals surface area contributed by atoms with Crippen molar-refractivity contribution >= 4 is 11.3 Å². The first-order valence-corrected chi connectivity index (χ1v) is 7.79. The summed E-state index contributed by atoms with van der Waals surface area (Å²) in [5.74, 6) is -0.208. The molecule has 0 aliphatic rings. The minimum absolute atomic E-state index is 0.208. The van der Waals surface area contributed by atoms with Crippen LogP contribution in [0.4, 0.5) is 13.2 Å². The highest BCUT2D eigenvalue weighted by Gasteiger charge is 2.30. The summed E-state index contributed by atoms with van der Waals surface area (Å²) >= 11 is 1.63. The predicted octanol–water partition coefficient (Wildman–Crippen LogP) is 4.75. The van der Waals surface area contributed by atoms with E-state index >= 15 is 0 Å². The molecule has 120 valence electrons. The maximum Gasteiger partial charge on any atom is 0.573 e. The fourth-order valence-electron chi connectivity index (χ4n) is 2.14. The SMILES string of the molecule is FC(F)(F)Oc1ccc(CCn2ccc(-c3cccs3)n2)cc1. The van der Waals surface area contributed by atoms with Crippen molar-refractivity contribution in [1.82, 2.24) is 9.78 Å². The van der Waals surface area contributed by atoms with E-state index in [1.807, 2.05) is 34.5 Å². The van der Waals surface area contributed by atoms with Gasteiger partial charge in [0.25, 0.3) is 0 Å². The number of halogens is 3. The van der Waals surface area contributed by atoms with Gasteiger partial charge in [0.05, 0.1) is 4.88 Å². The van der Waals surface area contributed by atoms with Gasteiger partial charge in [-0.3, -0.25) is 4.68 Å². The summed E-state index contributed by atoms with van der Waals surface area (Å²) in [5.41, 5.74) is 1.85. The van der Waals surface area contributed by atoms with Gasteiger partial charge >= 0.3 is 6.36 Å². The number of rotatable bonds is 5. The van der Waals surface area contributed by atoms with Gasteiger partial charge in [-0.15, -0.1) is 24.5 Å². The minimum atomic E-state index is -4.66. The van der Waals surface area contributed by atoms with Gasteiger partial charge in [0.15, 0.2) is 0 Å². The molecule has 2 aromatic heterocycles. The summed E-state index contributed by atoms with van der Waals surface area (Å²) in [4.78, 5) is 1.11. The molecule has 0 saturated heterocycles. The van der Waals surface area contributed by atoms with E-state index < -0.39 is 6.36 Å². The Kier molecular flexibility index (Phi) is 4.38. The molecule has 2 heterocycles. The van der Waals surface area contributed by atoms with Crippen molar-refractivity contribution < 1.29 is 17.9 Å². The first-order valence-electron chi connectivity index (χ1n) is 6.92. The van der Waals surface area contributed by atoms with Crippen LogP contribution in [0.25, 0.3) is 10.6 Å². The van der Waals surface area contributed by atoms with E-state index in [0.29, 0.717) is 13.0 Å². The highest BCUT2D eigenvalue weighted by molar-refractivity contribution is 7.13. The number of hydrogen-bond acceptors (Lipinski definition) is 3. The lowest BCUT2D eigenvalue weighted by molar-refractivity contribution is -0.274. The Morgan fingerprint density at radius 2 is 1.87 bits per heavy atom. The second kappa shape index (κ2) is 6.45. The molecule has 0 aliphatic carbocycles. The standard InChI is InChI=1S/C16H13F3N2OS/c17-16(18,19)22-13-5-3-12(4-6-13)7-9-21-10-8-14(20-21)15-2-1-11-23-15/h1-6,8,10-11H,7,9H2. The van der Waals surface area contributed by atoms with Crippen molar-refractivity contribution in [3.05, 3.63) is 59.6 Å². The van der Waals surface area contributed by atoms with Gasteiger partial charge in [0.1, 0.15) is 11.4 Å². The van der Waals surface area contributed by atoms with Gasteiger partial charge in [-0.2, -0.15) is 5.10 Å². The topological polar surface area (TPSA) is 27.1 Å². The number of aryl methyl sites for hydroxylation is 2. The molecule has 0 radical (unpaired) electrons. The first-order chi connectivity index (χ1) is 11.0. The van der Waals surface area contributed by atoms with Gasteiger partial charge in [0.2, 0.25) is 0 Å². The Morgan fingerprint density at radius 3 is 2.52 bits per heavy atom. The van der Waals surface area contributed by atoms with Crippen LogP contribution in [0, 0.1) is 0 Å². The molecular formula is C16H13F3N2OS. The highest BCUT2D eigenvalue weighted by Crippen LogP contribution is 2.24. The van der Waals surface area contributed by atoms with Gasteiger partial charge < -0.3 is 4.74 Å². The third-order valence-corrected chi connectivity index (χ3v) is 4.09. The van der Waals surface area contributed by atoms with E-state index in [9.17, 15) is 13.2 Å². The summed E-state index contributed by atoms with van der Waals surface area (Å²) < 4.78 is 42.0. The molecule has 0 N–H and O–H groups in total. The summed E-state index contributed by atoms with van der Waals surface area (Å²) in [6.07, 6.45) is -2.08. The van der Waals surface area contributed by atoms with Crippen LogP contribution in [-0.2, 0) is 13.0 Å². The maximum atomic E-state index is 12.1. The first kappa shape index (κ1) is 15.6. The lowest BCUT2D eigenvalue weighted by atomic mass is 10.1. The lowest BCUT2D eigenvalue weighted by Crippen LogP contribution is -2.17. The monoisotopic (exact) mass is 338 g/mol. The third-order valence-electron chi connectivity index (χ3n) is 3.20. The number of aromatic nitrogens is 2. The molecule has 23 heavy (non-hydrogen) atoms. The fourth-order valence-corrected chi connectivity index (χ4v) is 2.83. The van der Waals surface area contributed by atoms with Crippen LogP contribution >= 0.6 is 11.3 Å². The van der Waals surface area contributed by atoms with Crippen LogP contribution in [0.3, 0.4) is 0 Å². The van der Waals surface area contributed by atoms with Crippen LogP contribution in [0.15, 0.2) is 54.0 Å². The molecule has 0 unspecified atom stereocenters. The Labute approximate surface area is 134 Å². The highest BCUT2D eigenvalue weighted by atomic mass is 32.1. The van der Waals surface area contributed by atoms with Crippen molar-refractivity contribution in [3.63, 3.8) is 0 Å². The normalized spacial score (nSPS) is 11.6. The second-order valence-electron chi connectivity index (χ2n) is 4.88. The zero-order chi connectivity index (χ0) is 16.3. The van der Waals surface area contributed by atoms with E-state index in [4.69, 9.17) is 0 Å². The van der Waals surface area contributed by atoms with E-state index in [-0.39, 0.29) is 5.75 Å². The molecule has 3 nitrogen and oxygen atoms in total. The number of benzene rings is 1. The van der Waals surface area contributed by atoms with Crippen molar-refractivity contribution in [1.29, 1.82) is 0 Å². The van der Waals surface area contributed by atoms with Crippen molar-refractivity contribution in [2.45, 2.75) is 19.3 Å². The van der Waals surface area contributed by atoms with E-state index in [0.717, 1.165) is 16.1 Å². The molecule has 3 aromatic rings. The Hall–Kier alpha value is -2.28. The quantitative estimate of drug-likeness (QED) is 0.671. The van der Waals surface area contributed by atoms with Crippen molar-refractivity contribution in [2.75, 3.05) is 0 Å². The largest absolute Gasteiger partial charge is 0.573 e. The minimum Gasteiger partial charge on any atom is -0.406 e. The zero-order valence-electron chi connectivity index (χ0n) is 12.0. The number of alkyl halides is 3. The van der Waals surface area contributed by atoms with Crippen LogP contribution in [0.2, 0.25) is 0 Å². The van der Waals surface area contributed by atoms with E-state index in [1.54, 1.807) is 23.5 Å². The molecule has 0 atom stereocenters. The predicted molar refractivity (Wildman–Crippen MR) is 82.4 cm³/mol. The average molecular weight is 338 g/mol. The van der Waals surface area contributed by atoms with Crippen LogP contribution in [0.1, 0.15) is 5.56 Å². The number of thiophene rings is 1. The Balaban J connectivity index is 1.58. The second-order valence-corrected chi connectivity index (χ2v) is 5.83. The molecule has 0 aliphatic heterocycles. The van der Waals surface area contributed by atoms with Crippen LogP contribution < -0.4 is 4.74 Å². The van der Waals surface area contributed by atoms with Gasteiger partial charge in [0, 0.05) is 12.7 Å². The molecule has 1 aromatic carbocycles. The van der Waals surface area contributed by atoms with Crippen molar-refractivity contribution in [3.8, 4) is 16.3 Å². The maximum absolute atomic E-state index is 12.1. The Bertz CT molecular complexity index is 748. The molecular weight excluding hydrogens is 325 g/mol. The summed E-state index contributed by atoms with van der Waals surface area (Å²) in [7, 11) is 0. The molecule has 0 amide bonds. The van der Waals surface area contributed by atoms with E-state index in [1.165, 1.54) is 12.1 Å². The fraction of sp³-hybridized carbons (Fsp3) is 0.188. The number of nitrogens with zero attached hydrogens (tertiary/aromatic N) is 2. The van der Waals surface area contributed by atoms with Gasteiger partial charge in [-0.1, -0.05) is 18.2 Å². The van der Waals surface area contributed by atoms with Crippen LogP contribution in [0.5, 0.6) is 5.75 Å². The third kappa shape index (κ3) is 4.35. The zero-order valence-corrected chi connectivity index (χ0v) is 12.8. The number of hydrogen-bond donors (Lipinski definition) is 0. The molecule has 0 saturated carbocycles. The average Bonchev–Trinajstić information content (AvgIpc) is 3.16. The summed E-state index contributed by atoms with van der Waals surface area (Å²) in [6.45, 7) is 0.658. The summed E-state index contributed by atoms with van der Waals surface area (Å²) in [6, 6.07) is 11.8. The van der Waals surface area contributed by atoms with Gasteiger partial charge in [-0.25, -0.2) is 0 Å². The van der Waals surface area contributed by atoms with Crippen molar-refractivity contribution in [2.24, 2.45) is 0 Å². The Morgan fingerprint density at radius 1 is 1.09 bits per heavy atom. The molecule has 3 rings (SSSR count). The van der Waals surface area contributed by atoms with Gasteiger partial charge in [-0.05, 0) is 41.6 Å².